The summed E-state index contributed by atoms with van der Waals surface area (Å²) >= 11 is 1.78. The van der Waals surface area contributed by atoms with Crippen LogP contribution in [0.25, 0.3) is 0 Å². The summed E-state index contributed by atoms with van der Waals surface area (Å²) in [5.41, 5.74) is 0. The van der Waals surface area contributed by atoms with Gasteiger partial charge in [-0.3, -0.25) is 4.79 Å². The van der Waals surface area contributed by atoms with Crippen LogP contribution in [0.3, 0.4) is 0 Å². The second kappa shape index (κ2) is 8.25. The highest BCUT2D eigenvalue weighted by Crippen LogP contribution is 2.29. The maximum Gasteiger partial charge on any atom is 0.222 e. The Balaban J connectivity index is 1.63. The van der Waals surface area contributed by atoms with Crippen molar-refractivity contribution in [3.05, 3.63) is 0 Å². The molecule has 2 aliphatic rings. The molecule has 1 saturated carbocycles. The normalized spacial score (nSPS) is 28.6. The van der Waals surface area contributed by atoms with Gasteiger partial charge in [0.15, 0.2) is 0 Å². The van der Waals surface area contributed by atoms with Crippen molar-refractivity contribution >= 4 is 17.9 Å². The Hall–Kier alpha value is -0.260. The highest BCUT2D eigenvalue weighted by molar-refractivity contribution is 7.96. The van der Waals surface area contributed by atoms with E-state index < -0.39 is 0 Å². The fourth-order valence-corrected chi connectivity index (χ4v) is 3.79. The molecule has 2 fully saturated rings. The van der Waals surface area contributed by atoms with E-state index in [0.29, 0.717) is 12.0 Å². The van der Waals surface area contributed by atoms with Gasteiger partial charge in [0.05, 0.1) is 6.10 Å². The number of amides is 1. The summed E-state index contributed by atoms with van der Waals surface area (Å²) in [6.07, 6.45) is 9.16. The summed E-state index contributed by atoms with van der Waals surface area (Å²) in [6, 6.07) is 0. The van der Waals surface area contributed by atoms with Gasteiger partial charge in [-0.2, -0.15) is 0 Å². The van der Waals surface area contributed by atoms with Crippen molar-refractivity contribution in [1.82, 2.24) is 9.21 Å². The number of carbonyl (C=O) groups excluding carboxylic acids is 1. The zero-order chi connectivity index (χ0) is 14.4. The summed E-state index contributed by atoms with van der Waals surface area (Å²) in [4.78, 5) is 14.3. The lowest BCUT2D eigenvalue weighted by molar-refractivity contribution is -0.132. The molecule has 0 aromatic heterocycles. The summed E-state index contributed by atoms with van der Waals surface area (Å²) in [5.74, 6) is 1.09. The number of piperazine rings is 1. The molecule has 1 saturated heterocycles. The van der Waals surface area contributed by atoms with Gasteiger partial charge in [0.2, 0.25) is 5.91 Å². The zero-order valence-corrected chi connectivity index (χ0v) is 13.7. The molecule has 0 spiro atoms. The van der Waals surface area contributed by atoms with E-state index in [1.165, 1.54) is 25.7 Å². The molecule has 116 valence electrons. The van der Waals surface area contributed by atoms with Crippen LogP contribution in [-0.4, -0.2) is 60.8 Å². The summed E-state index contributed by atoms with van der Waals surface area (Å²) in [7, 11) is 1.81. The quantitative estimate of drug-likeness (QED) is 0.730. The Morgan fingerprint density at radius 1 is 1.15 bits per heavy atom. The van der Waals surface area contributed by atoms with Gasteiger partial charge < -0.3 is 9.64 Å². The lowest BCUT2D eigenvalue weighted by Gasteiger charge is -2.34. The maximum atomic E-state index is 12.2. The van der Waals surface area contributed by atoms with Crippen molar-refractivity contribution in [2.75, 3.05) is 39.5 Å². The van der Waals surface area contributed by atoms with Gasteiger partial charge in [-0.15, -0.1) is 0 Å². The van der Waals surface area contributed by atoms with E-state index in [2.05, 4.69) is 10.6 Å². The lowest BCUT2D eigenvalue weighted by atomic mass is 9.84. The maximum absolute atomic E-state index is 12.2. The molecule has 1 aliphatic carbocycles. The molecular formula is C15H28N2O2S. The standard InChI is InChI=1S/C15H28N2O2S/c1-19-14-6-3-13(4-7-14)5-8-15(18)16-9-11-17(20-2)12-10-16/h13-14H,3-12H2,1-2H3/t13-,14-. The van der Waals surface area contributed by atoms with Crippen molar-refractivity contribution in [3.63, 3.8) is 0 Å². The van der Waals surface area contributed by atoms with Crippen LogP contribution >= 0.6 is 11.9 Å². The van der Waals surface area contributed by atoms with Gasteiger partial charge in [-0.25, -0.2) is 4.31 Å². The first-order chi connectivity index (χ1) is 9.72. The Kier molecular flexibility index (Phi) is 6.65. The van der Waals surface area contributed by atoms with Gasteiger partial charge >= 0.3 is 0 Å². The highest BCUT2D eigenvalue weighted by Gasteiger charge is 2.24. The van der Waals surface area contributed by atoms with Crippen molar-refractivity contribution in [2.24, 2.45) is 5.92 Å². The van der Waals surface area contributed by atoms with E-state index in [-0.39, 0.29) is 0 Å². The third-order valence-corrected chi connectivity index (χ3v) is 5.62. The number of rotatable bonds is 5. The molecular weight excluding hydrogens is 272 g/mol. The minimum Gasteiger partial charge on any atom is -0.381 e. The lowest BCUT2D eigenvalue weighted by Crippen LogP contribution is -2.46. The van der Waals surface area contributed by atoms with E-state index in [4.69, 9.17) is 4.74 Å². The smallest absolute Gasteiger partial charge is 0.222 e. The van der Waals surface area contributed by atoms with Crippen LogP contribution in [0, 0.1) is 5.92 Å². The average Bonchev–Trinajstić information content (AvgIpc) is 2.53. The third-order valence-electron chi connectivity index (χ3n) is 4.74. The molecule has 0 bridgehead atoms. The molecule has 0 aromatic rings. The Morgan fingerprint density at radius 3 is 2.35 bits per heavy atom. The molecule has 5 heteroatoms. The molecule has 0 aromatic carbocycles. The molecule has 4 nitrogen and oxygen atoms in total. The van der Waals surface area contributed by atoms with E-state index in [1.807, 2.05) is 12.0 Å². The fourth-order valence-electron chi connectivity index (χ4n) is 3.26. The van der Waals surface area contributed by atoms with Crippen LogP contribution in [0.4, 0.5) is 0 Å². The van der Waals surface area contributed by atoms with Gasteiger partial charge in [-0.05, 0) is 44.3 Å². The molecule has 2 rings (SSSR count). The minimum absolute atomic E-state index is 0.361. The Labute approximate surface area is 127 Å². The van der Waals surface area contributed by atoms with Gasteiger partial charge in [0, 0.05) is 39.7 Å². The van der Waals surface area contributed by atoms with Crippen LogP contribution in [0.5, 0.6) is 0 Å². The molecule has 0 N–H and O–H groups in total. The molecule has 1 aliphatic heterocycles. The van der Waals surface area contributed by atoms with E-state index in [1.54, 1.807) is 11.9 Å². The molecule has 0 radical (unpaired) electrons. The second-order valence-electron chi connectivity index (χ2n) is 5.91. The topological polar surface area (TPSA) is 32.8 Å². The first-order valence-electron chi connectivity index (χ1n) is 7.82. The Bertz CT molecular complexity index is 298. The molecule has 0 atom stereocenters. The highest BCUT2D eigenvalue weighted by atomic mass is 32.2. The summed E-state index contributed by atoms with van der Waals surface area (Å²) < 4.78 is 7.73. The molecule has 1 amide bonds. The van der Waals surface area contributed by atoms with Crippen LogP contribution in [-0.2, 0) is 9.53 Å². The molecule has 20 heavy (non-hydrogen) atoms. The minimum atomic E-state index is 0.361. The largest absolute Gasteiger partial charge is 0.381 e. The zero-order valence-electron chi connectivity index (χ0n) is 12.8. The van der Waals surface area contributed by atoms with Crippen LogP contribution < -0.4 is 0 Å². The number of methoxy groups -OCH3 is 1. The van der Waals surface area contributed by atoms with Crippen molar-refractivity contribution < 1.29 is 9.53 Å². The molecule has 1 heterocycles. The third kappa shape index (κ3) is 4.64. The summed E-state index contributed by atoms with van der Waals surface area (Å²) in [6.45, 7) is 3.81. The summed E-state index contributed by atoms with van der Waals surface area (Å²) in [5, 5.41) is 0. The van der Waals surface area contributed by atoms with E-state index in [9.17, 15) is 4.79 Å². The monoisotopic (exact) mass is 300 g/mol. The number of hydrogen-bond donors (Lipinski definition) is 0. The van der Waals surface area contributed by atoms with Crippen molar-refractivity contribution in [2.45, 2.75) is 44.6 Å². The van der Waals surface area contributed by atoms with E-state index in [0.717, 1.165) is 44.9 Å². The van der Waals surface area contributed by atoms with Gasteiger partial charge in [0.25, 0.3) is 0 Å². The number of hydrogen-bond acceptors (Lipinski definition) is 4. The molecule has 0 unspecified atom stereocenters. The predicted octanol–water partition coefficient (Wildman–Crippen LogP) is 2.39. The fraction of sp³-hybridized carbons (Fsp3) is 0.933. The first kappa shape index (κ1) is 16.1. The predicted molar refractivity (Wildman–Crippen MR) is 83.7 cm³/mol. The van der Waals surface area contributed by atoms with E-state index >= 15 is 0 Å². The second-order valence-corrected chi connectivity index (χ2v) is 6.79. The van der Waals surface area contributed by atoms with Gasteiger partial charge in [-0.1, -0.05) is 11.9 Å². The van der Waals surface area contributed by atoms with Crippen LogP contribution in [0.2, 0.25) is 0 Å². The number of nitrogens with zero attached hydrogens (tertiary/aromatic N) is 2. The van der Waals surface area contributed by atoms with Crippen LogP contribution in [0.1, 0.15) is 38.5 Å². The average molecular weight is 300 g/mol. The van der Waals surface area contributed by atoms with Gasteiger partial charge in [0.1, 0.15) is 0 Å². The number of carbonyl (C=O) groups is 1. The Morgan fingerprint density at radius 2 is 1.80 bits per heavy atom. The SMILES string of the molecule is CO[C@H]1CC[C@H](CCC(=O)N2CCN(SC)CC2)CC1. The van der Waals surface area contributed by atoms with Crippen molar-refractivity contribution in [1.29, 1.82) is 0 Å². The number of ether oxygens (including phenoxy) is 1. The van der Waals surface area contributed by atoms with Crippen molar-refractivity contribution in [3.8, 4) is 0 Å². The first-order valence-corrected chi connectivity index (χ1v) is 9.00. The van der Waals surface area contributed by atoms with Crippen LogP contribution in [0.15, 0.2) is 0 Å².